The average molecular weight is 623 g/mol. The van der Waals surface area contributed by atoms with Crippen LogP contribution in [0.25, 0.3) is 32.0 Å². The van der Waals surface area contributed by atoms with Gasteiger partial charge in [0, 0.05) is 30.3 Å². The van der Waals surface area contributed by atoms with Gasteiger partial charge in [0.25, 0.3) is 5.88 Å². The van der Waals surface area contributed by atoms with Crippen LogP contribution in [0.5, 0.6) is 17.6 Å². The second kappa shape index (κ2) is 12.9. The van der Waals surface area contributed by atoms with Gasteiger partial charge in [0.1, 0.15) is 28.1 Å². The van der Waals surface area contributed by atoms with Crippen molar-refractivity contribution in [1.82, 2.24) is 24.9 Å². The largest absolute Gasteiger partial charge is 0.480 e. The summed E-state index contributed by atoms with van der Waals surface area (Å²) in [6, 6.07) is 8.21. The number of aromatic nitrogens is 5. The van der Waals surface area contributed by atoms with Crippen LogP contribution >= 0.6 is 11.3 Å². The Kier molecular flexibility index (Phi) is 9.01. The Balaban J connectivity index is 1.22. The number of aryl methyl sites for hydroxylation is 1. The lowest BCUT2D eigenvalue weighted by molar-refractivity contribution is 0.0547. The third-order valence-electron chi connectivity index (χ3n) is 6.22. The van der Waals surface area contributed by atoms with Gasteiger partial charge in [-0.15, -0.1) is 0 Å². The fraction of sp³-hybridized carbons (Fsp3) is 0.333. The van der Waals surface area contributed by atoms with Crippen molar-refractivity contribution < 1.29 is 33.2 Å². The van der Waals surface area contributed by atoms with Gasteiger partial charge in [-0.1, -0.05) is 11.3 Å². The Labute approximate surface area is 256 Å². The number of anilines is 1. The zero-order chi connectivity index (χ0) is 31.4. The maximum absolute atomic E-state index is 15.0. The maximum Gasteiger partial charge on any atom is 0.411 e. The number of carbonyl (C=O) groups is 1. The highest BCUT2D eigenvalue weighted by molar-refractivity contribution is 7.21. The summed E-state index contributed by atoms with van der Waals surface area (Å²) in [6.45, 7) is 7.02. The SMILES string of the molecule is COc1cnc2c(-c3nc4cc(F)c(O[C@@H](C)COC(=O)Nc5ccnc(OCCC(C)(C)O)c5)nc4s3)cc(C)cc2n1. The lowest BCUT2D eigenvalue weighted by Gasteiger charge is -2.17. The molecule has 0 radical (unpaired) electrons. The molecule has 1 atom stereocenters. The average Bonchev–Trinajstić information content (AvgIpc) is 3.37. The van der Waals surface area contributed by atoms with Gasteiger partial charge >= 0.3 is 6.09 Å². The number of rotatable bonds is 11. The first kappa shape index (κ1) is 30.8. The Morgan fingerprint density at radius 1 is 1.11 bits per heavy atom. The molecular weight excluding hydrogens is 591 g/mol. The molecule has 0 aliphatic carbocycles. The number of methoxy groups -OCH3 is 1. The molecule has 0 saturated carbocycles. The lowest BCUT2D eigenvalue weighted by Crippen LogP contribution is -2.25. The molecule has 0 fully saturated rings. The fourth-order valence-electron chi connectivity index (χ4n) is 4.08. The predicted octanol–water partition coefficient (Wildman–Crippen LogP) is 5.71. The lowest BCUT2D eigenvalue weighted by atomic mass is 10.1. The molecular formula is C30H31FN6O6S. The molecule has 1 amide bonds. The minimum Gasteiger partial charge on any atom is -0.480 e. The molecule has 230 valence electrons. The number of hydrogen-bond donors (Lipinski definition) is 2. The summed E-state index contributed by atoms with van der Waals surface area (Å²) in [5, 5.41) is 13.0. The summed E-state index contributed by atoms with van der Waals surface area (Å²) in [7, 11) is 1.53. The molecule has 4 aromatic heterocycles. The quantitative estimate of drug-likeness (QED) is 0.186. The second-order valence-electron chi connectivity index (χ2n) is 10.7. The van der Waals surface area contributed by atoms with Crippen molar-refractivity contribution in [1.29, 1.82) is 0 Å². The highest BCUT2D eigenvalue weighted by Crippen LogP contribution is 2.35. The van der Waals surface area contributed by atoms with Crippen molar-refractivity contribution in [3.8, 4) is 28.2 Å². The number of nitrogens with zero attached hydrogens (tertiary/aromatic N) is 5. The molecule has 5 rings (SSSR count). The maximum atomic E-state index is 15.0. The number of benzene rings is 1. The molecule has 4 heterocycles. The summed E-state index contributed by atoms with van der Waals surface area (Å²) >= 11 is 1.27. The van der Waals surface area contributed by atoms with E-state index in [-0.39, 0.29) is 25.0 Å². The van der Waals surface area contributed by atoms with E-state index in [0.29, 0.717) is 44.4 Å². The number of carbonyl (C=O) groups excluding carboxylic acids is 1. The molecule has 0 aliphatic heterocycles. The number of hydrogen-bond acceptors (Lipinski definition) is 12. The van der Waals surface area contributed by atoms with E-state index in [1.165, 1.54) is 43.0 Å². The molecule has 14 heteroatoms. The van der Waals surface area contributed by atoms with Crippen LogP contribution in [0.2, 0.25) is 0 Å². The van der Waals surface area contributed by atoms with Gasteiger partial charge in [-0.05, 0) is 51.5 Å². The highest BCUT2D eigenvalue weighted by Gasteiger charge is 2.19. The zero-order valence-corrected chi connectivity index (χ0v) is 25.6. The van der Waals surface area contributed by atoms with Crippen LogP contribution in [-0.2, 0) is 4.74 Å². The van der Waals surface area contributed by atoms with Crippen molar-refractivity contribution >= 4 is 44.5 Å². The van der Waals surface area contributed by atoms with E-state index in [4.69, 9.17) is 18.9 Å². The van der Waals surface area contributed by atoms with Gasteiger partial charge in [-0.25, -0.2) is 29.1 Å². The molecule has 0 bridgehead atoms. The van der Waals surface area contributed by atoms with Crippen LogP contribution in [-0.4, -0.2) is 68.1 Å². The van der Waals surface area contributed by atoms with E-state index in [0.717, 1.165) is 11.1 Å². The van der Waals surface area contributed by atoms with E-state index in [1.807, 2.05) is 19.1 Å². The Morgan fingerprint density at radius 2 is 1.93 bits per heavy atom. The van der Waals surface area contributed by atoms with Crippen LogP contribution in [0, 0.1) is 12.7 Å². The van der Waals surface area contributed by atoms with E-state index in [9.17, 15) is 14.3 Å². The van der Waals surface area contributed by atoms with Crippen molar-refractivity contribution in [2.24, 2.45) is 0 Å². The van der Waals surface area contributed by atoms with Gasteiger partial charge in [0.2, 0.25) is 11.8 Å². The molecule has 0 unspecified atom stereocenters. The summed E-state index contributed by atoms with van der Waals surface area (Å²) in [4.78, 5) is 34.8. The number of amides is 1. The van der Waals surface area contributed by atoms with Crippen LogP contribution in [0.15, 0.2) is 42.7 Å². The molecule has 12 nitrogen and oxygen atoms in total. The zero-order valence-electron chi connectivity index (χ0n) is 24.8. The van der Waals surface area contributed by atoms with E-state index < -0.39 is 23.6 Å². The first-order valence-electron chi connectivity index (χ1n) is 13.7. The van der Waals surface area contributed by atoms with E-state index >= 15 is 0 Å². The topological polar surface area (TPSA) is 151 Å². The highest BCUT2D eigenvalue weighted by atomic mass is 32.1. The van der Waals surface area contributed by atoms with Crippen LogP contribution in [0.4, 0.5) is 14.9 Å². The predicted molar refractivity (Wildman–Crippen MR) is 163 cm³/mol. The summed E-state index contributed by atoms with van der Waals surface area (Å²) in [6.07, 6.45) is 1.97. The third kappa shape index (κ3) is 7.63. The molecule has 0 saturated heterocycles. The van der Waals surface area contributed by atoms with Gasteiger partial charge in [-0.2, -0.15) is 4.98 Å². The Morgan fingerprint density at radius 3 is 2.70 bits per heavy atom. The van der Waals surface area contributed by atoms with Gasteiger partial charge in [-0.3, -0.25) is 5.32 Å². The van der Waals surface area contributed by atoms with Crippen molar-refractivity contribution in [2.45, 2.75) is 45.8 Å². The number of fused-ring (bicyclic) bond motifs is 2. The summed E-state index contributed by atoms with van der Waals surface area (Å²) < 4.78 is 36.6. The number of nitrogens with one attached hydrogen (secondary N) is 1. The number of halogens is 1. The molecule has 44 heavy (non-hydrogen) atoms. The Bertz CT molecular complexity index is 1810. The minimum atomic E-state index is -0.867. The van der Waals surface area contributed by atoms with Gasteiger partial charge < -0.3 is 24.1 Å². The molecule has 5 aromatic rings. The van der Waals surface area contributed by atoms with Crippen LogP contribution < -0.4 is 19.5 Å². The summed E-state index contributed by atoms with van der Waals surface area (Å²) in [5.41, 5.74) is 2.90. The van der Waals surface area contributed by atoms with E-state index in [2.05, 4.69) is 30.2 Å². The van der Waals surface area contributed by atoms with Crippen molar-refractivity contribution in [2.75, 3.05) is 25.6 Å². The van der Waals surface area contributed by atoms with Crippen molar-refractivity contribution in [3.05, 3.63) is 54.1 Å². The monoisotopic (exact) mass is 622 g/mol. The number of ether oxygens (including phenoxy) is 4. The number of aliphatic hydroxyl groups is 1. The summed E-state index contributed by atoms with van der Waals surface area (Å²) in [5.74, 6) is -0.242. The standard InChI is InChI=1S/C30H31FN6O6S/c1-16-10-19(25-21(11-16)35-24(40-5)14-33-25)27-36-22-13-20(31)26(37-28(22)44-27)43-17(2)15-42-29(38)34-18-6-8-32-23(12-18)41-9-7-30(3,4)39/h6,8,10-14,17,39H,7,9,15H2,1-5H3,(H,32,34,38)/t17-/m0/s1. The Hall–Kier alpha value is -4.69. The fourth-order valence-corrected chi connectivity index (χ4v) is 5.01. The smallest absolute Gasteiger partial charge is 0.411 e. The minimum absolute atomic E-state index is 0.170. The molecule has 0 aliphatic rings. The van der Waals surface area contributed by atoms with Crippen LogP contribution in [0.3, 0.4) is 0 Å². The van der Waals surface area contributed by atoms with E-state index in [1.54, 1.807) is 26.8 Å². The van der Waals surface area contributed by atoms with Crippen molar-refractivity contribution in [3.63, 3.8) is 0 Å². The number of thiazole rings is 1. The number of pyridine rings is 2. The van der Waals surface area contributed by atoms with Gasteiger partial charge in [0.15, 0.2) is 5.82 Å². The first-order valence-corrected chi connectivity index (χ1v) is 14.5. The second-order valence-corrected chi connectivity index (χ2v) is 11.6. The van der Waals surface area contributed by atoms with Crippen LogP contribution in [0.1, 0.15) is 32.8 Å². The molecule has 2 N–H and O–H groups in total. The molecule has 1 aromatic carbocycles. The molecule has 0 spiro atoms. The van der Waals surface area contributed by atoms with Gasteiger partial charge in [0.05, 0.1) is 42.2 Å². The normalized spacial score (nSPS) is 12.2. The third-order valence-corrected chi connectivity index (χ3v) is 7.22. The first-order chi connectivity index (χ1) is 21.0.